The SMILES string of the molecule is CCc1ccc(NC(=O)CSc2nnc(-c3ccncc3)n2-c2ccc(F)cc2)cc1. The minimum absolute atomic E-state index is 0.145. The molecule has 1 amide bonds. The van der Waals surface area contributed by atoms with Crippen molar-refractivity contribution < 1.29 is 9.18 Å². The Morgan fingerprint density at radius 3 is 2.39 bits per heavy atom. The minimum Gasteiger partial charge on any atom is -0.325 e. The number of amides is 1. The monoisotopic (exact) mass is 433 g/mol. The van der Waals surface area contributed by atoms with E-state index in [1.165, 1.54) is 29.5 Å². The van der Waals surface area contributed by atoms with Gasteiger partial charge in [-0.05, 0) is 60.5 Å². The third-order valence-electron chi connectivity index (χ3n) is 4.64. The van der Waals surface area contributed by atoms with E-state index in [1.807, 2.05) is 41.0 Å². The summed E-state index contributed by atoms with van der Waals surface area (Å²) >= 11 is 1.26. The molecule has 6 nitrogen and oxygen atoms in total. The first-order valence-electron chi connectivity index (χ1n) is 9.77. The Balaban J connectivity index is 1.55. The number of halogens is 1. The van der Waals surface area contributed by atoms with Crippen LogP contribution >= 0.6 is 11.8 Å². The van der Waals surface area contributed by atoms with Crippen molar-refractivity contribution in [1.29, 1.82) is 0 Å². The molecule has 2 aromatic heterocycles. The lowest BCUT2D eigenvalue weighted by Crippen LogP contribution is -2.14. The highest BCUT2D eigenvalue weighted by molar-refractivity contribution is 7.99. The largest absolute Gasteiger partial charge is 0.325 e. The van der Waals surface area contributed by atoms with Crippen LogP contribution in [-0.4, -0.2) is 31.4 Å². The van der Waals surface area contributed by atoms with Crippen molar-refractivity contribution in [3.8, 4) is 17.1 Å². The van der Waals surface area contributed by atoms with Crippen LogP contribution in [0.5, 0.6) is 0 Å². The van der Waals surface area contributed by atoms with Crippen LogP contribution in [0.25, 0.3) is 17.1 Å². The smallest absolute Gasteiger partial charge is 0.234 e. The molecule has 4 rings (SSSR count). The molecule has 0 aliphatic carbocycles. The maximum Gasteiger partial charge on any atom is 0.234 e. The molecular weight excluding hydrogens is 413 g/mol. The molecular formula is C23H20FN5OS. The van der Waals surface area contributed by atoms with Crippen LogP contribution in [0.1, 0.15) is 12.5 Å². The molecule has 0 atom stereocenters. The van der Waals surface area contributed by atoms with E-state index in [-0.39, 0.29) is 17.5 Å². The highest BCUT2D eigenvalue weighted by atomic mass is 32.2. The summed E-state index contributed by atoms with van der Waals surface area (Å²) in [5.74, 6) is 0.274. The molecule has 0 unspecified atom stereocenters. The van der Waals surface area contributed by atoms with Crippen molar-refractivity contribution in [2.45, 2.75) is 18.5 Å². The van der Waals surface area contributed by atoms with Gasteiger partial charge in [0.25, 0.3) is 0 Å². The second-order valence-electron chi connectivity index (χ2n) is 6.74. The Bertz CT molecular complexity index is 1160. The Morgan fingerprint density at radius 2 is 1.71 bits per heavy atom. The molecule has 1 N–H and O–H groups in total. The molecule has 0 bridgehead atoms. The molecule has 156 valence electrons. The third-order valence-corrected chi connectivity index (χ3v) is 5.56. The van der Waals surface area contributed by atoms with Gasteiger partial charge >= 0.3 is 0 Å². The number of nitrogens with one attached hydrogen (secondary N) is 1. The predicted molar refractivity (Wildman–Crippen MR) is 120 cm³/mol. The molecule has 8 heteroatoms. The number of carbonyl (C=O) groups excluding carboxylic acids is 1. The summed E-state index contributed by atoms with van der Waals surface area (Å²) in [6.07, 6.45) is 4.29. The van der Waals surface area contributed by atoms with Gasteiger partial charge in [0.2, 0.25) is 5.91 Å². The fourth-order valence-corrected chi connectivity index (χ4v) is 3.78. The topological polar surface area (TPSA) is 72.7 Å². The second kappa shape index (κ2) is 9.53. The van der Waals surface area contributed by atoms with Gasteiger partial charge in [-0.25, -0.2) is 4.39 Å². The van der Waals surface area contributed by atoms with Gasteiger partial charge < -0.3 is 5.32 Å². The molecule has 2 aromatic carbocycles. The summed E-state index contributed by atoms with van der Waals surface area (Å²) in [6, 6.07) is 17.5. The summed E-state index contributed by atoms with van der Waals surface area (Å²) < 4.78 is 15.3. The molecule has 31 heavy (non-hydrogen) atoms. The van der Waals surface area contributed by atoms with Crippen molar-refractivity contribution in [1.82, 2.24) is 19.7 Å². The lowest BCUT2D eigenvalue weighted by atomic mass is 10.1. The average molecular weight is 434 g/mol. The van der Waals surface area contributed by atoms with Crippen molar-refractivity contribution in [2.24, 2.45) is 0 Å². The summed E-state index contributed by atoms with van der Waals surface area (Å²) in [4.78, 5) is 16.5. The maximum atomic E-state index is 13.5. The molecule has 0 fully saturated rings. The number of hydrogen-bond donors (Lipinski definition) is 1. The van der Waals surface area contributed by atoms with Gasteiger partial charge in [-0.3, -0.25) is 14.3 Å². The van der Waals surface area contributed by atoms with Crippen LogP contribution in [0, 0.1) is 5.82 Å². The third kappa shape index (κ3) is 4.97. The fourth-order valence-electron chi connectivity index (χ4n) is 3.03. The van der Waals surface area contributed by atoms with E-state index < -0.39 is 0 Å². The number of rotatable bonds is 7. The molecule has 0 radical (unpaired) electrons. The maximum absolute atomic E-state index is 13.5. The van der Waals surface area contributed by atoms with E-state index in [9.17, 15) is 9.18 Å². The number of anilines is 1. The summed E-state index contributed by atoms with van der Waals surface area (Å²) in [7, 11) is 0. The van der Waals surface area contributed by atoms with Gasteiger partial charge in [0.1, 0.15) is 5.82 Å². The van der Waals surface area contributed by atoms with Crippen molar-refractivity contribution >= 4 is 23.4 Å². The Kier molecular flexibility index (Phi) is 6.37. The number of aromatic nitrogens is 4. The first kappa shape index (κ1) is 20.7. The van der Waals surface area contributed by atoms with Crippen LogP contribution in [0.15, 0.2) is 78.2 Å². The van der Waals surface area contributed by atoms with E-state index in [4.69, 9.17) is 0 Å². The number of hydrogen-bond acceptors (Lipinski definition) is 5. The van der Waals surface area contributed by atoms with Gasteiger partial charge in [0.05, 0.1) is 5.75 Å². The van der Waals surface area contributed by atoms with Gasteiger partial charge in [-0.1, -0.05) is 30.8 Å². The first-order valence-corrected chi connectivity index (χ1v) is 10.8. The van der Waals surface area contributed by atoms with Crippen LogP contribution in [0.2, 0.25) is 0 Å². The van der Waals surface area contributed by atoms with Crippen molar-refractivity contribution in [3.05, 3.63) is 84.4 Å². The van der Waals surface area contributed by atoms with E-state index in [0.29, 0.717) is 16.7 Å². The van der Waals surface area contributed by atoms with Gasteiger partial charge in [0, 0.05) is 29.3 Å². The van der Waals surface area contributed by atoms with Crippen LogP contribution in [-0.2, 0) is 11.2 Å². The molecule has 2 heterocycles. The highest BCUT2D eigenvalue weighted by Crippen LogP contribution is 2.28. The Morgan fingerprint density at radius 1 is 1.00 bits per heavy atom. The predicted octanol–water partition coefficient (Wildman–Crippen LogP) is 4.76. The average Bonchev–Trinajstić information content (AvgIpc) is 3.23. The normalized spacial score (nSPS) is 10.8. The van der Waals surface area contributed by atoms with Crippen molar-refractivity contribution in [3.63, 3.8) is 0 Å². The van der Waals surface area contributed by atoms with Crippen LogP contribution in [0.4, 0.5) is 10.1 Å². The van der Waals surface area contributed by atoms with Crippen molar-refractivity contribution in [2.75, 3.05) is 11.1 Å². The van der Waals surface area contributed by atoms with Crippen LogP contribution < -0.4 is 5.32 Å². The minimum atomic E-state index is -0.329. The van der Waals surface area contributed by atoms with Crippen LogP contribution in [0.3, 0.4) is 0 Å². The standard InChI is InChI=1S/C23H20FN5OS/c1-2-16-3-7-19(8-4-16)26-21(30)15-31-23-28-27-22(17-11-13-25-14-12-17)29(23)20-9-5-18(24)6-10-20/h3-14H,2,15H2,1H3,(H,26,30). The zero-order valence-corrected chi connectivity index (χ0v) is 17.6. The van der Waals surface area contributed by atoms with Gasteiger partial charge in [0.15, 0.2) is 11.0 Å². The molecule has 0 aliphatic rings. The second-order valence-corrected chi connectivity index (χ2v) is 7.68. The Labute approximate surface area is 183 Å². The van der Waals surface area contributed by atoms with E-state index in [2.05, 4.69) is 27.4 Å². The quantitative estimate of drug-likeness (QED) is 0.426. The number of aryl methyl sites for hydroxylation is 1. The molecule has 0 saturated heterocycles. The van der Waals surface area contributed by atoms with E-state index >= 15 is 0 Å². The zero-order valence-electron chi connectivity index (χ0n) is 16.8. The molecule has 0 aliphatic heterocycles. The summed E-state index contributed by atoms with van der Waals surface area (Å²) in [5, 5.41) is 12.0. The number of thioether (sulfide) groups is 1. The lowest BCUT2D eigenvalue weighted by molar-refractivity contribution is -0.113. The number of pyridine rings is 1. The first-order chi connectivity index (χ1) is 15.1. The molecule has 0 spiro atoms. The van der Waals surface area contributed by atoms with E-state index in [0.717, 1.165) is 17.7 Å². The van der Waals surface area contributed by atoms with Gasteiger partial charge in [-0.15, -0.1) is 10.2 Å². The number of nitrogens with zero attached hydrogens (tertiary/aromatic N) is 4. The highest BCUT2D eigenvalue weighted by Gasteiger charge is 2.17. The number of benzene rings is 2. The van der Waals surface area contributed by atoms with Gasteiger partial charge in [-0.2, -0.15) is 0 Å². The fraction of sp³-hybridized carbons (Fsp3) is 0.130. The molecule has 4 aromatic rings. The molecule has 0 saturated carbocycles. The lowest BCUT2D eigenvalue weighted by Gasteiger charge is -2.10. The Hall–Kier alpha value is -3.52. The number of carbonyl (C=O) groups is 1. The summed E-state index contributed by atoms with van der Waals surface area (Å²) in [5.41, 5.74) is 3.49. The summed E-state index contributed by atoms with van der Waals surface area (Å²) in [6.45, 7) is 2.09. The zero-order chi connectivity index (χ0) is 21.6. The van der Waals surface area contributed by atoms with E-state index in [1.54, 1.807) is 24.5 Å².